The third-order valence-electron chi connectivity index (χ3n) is 3.54. The van der Waals surface area contributed by atoms with Crippen molar-refractivity contribution < 1.29 is 4.39 Å². The fraction of sp³-hybridized carbons (Fsp3) is 0.538. The van der Waals surface area contributed by atoms with Crippen LogP contribution in [0.2, 0.25) is 0 Å². The van der Waals surface area contributed by atoms with Crippen molar-refractivity contribution >= 4 is 34.0 Å². The van der Waals surface area contributed by atoms with Crippen LogP contribution in [0, 0.1) is 9.39 Å². The lowest BCUT2D eigenvalue weighted by molar-refractivity contribution is 0.136. The van der Waals surface area contributed by atoms with Gasteiger partial charge in [0.1, 0.15) is 5.82 Å². The van der Waals surface area contributed by atoms with Gasteiger partial charge >= 0.3 is 0 Å². The molecule has 2 atom stereocenters. The Morgan fingerprint density at radius 2 is 1.94 bits per heavy atom. The molecule has 0 bridgehead atoms. The molecule has 5 heteroatoms. The molecule has 18 heavy (non-hydrogen) atoms. The highest BCUT2D eigenvalue weighted by atomic mass is 127. The average Bonchev–Trinajstić information content (AvgIpc) is 2.30. The zero-order valence-electron chi connectivity index (χ0n) is 10.7. The summed E-state index contributed by atoms with van der Waals surface area (Å²) >= 11 is 1.95. The van der Waals surface area contributed by atoms with Crippen LogP contribution in [0.4, 0.5) is 15.8 Å². The molecular formula is C13H19FIN3. The van der Waals surface area contributed by atoms with E-state index in [0.29, 0.717) is 27.0 Å². The molecule has 1 aliphatic heterocycles. The summed E-state index contributed by atoms with van der Waals surface area (Å²) in [6, 6.07) is 4.02. The van der Waals surface area contributed by atoms with E-state index in [2.05, 4.69) is 24.3 Å². The minimum Gasteiger partial charge on any atom is -0.397 e. The maximum absolute atomic E-state index is 13.6. The number of nitrogens with one attached hydrogen (secondary N) is 1. The molecule has 1 saturated heterocycles. The van der Waals surface area contributed by atoms with Crippen LogP contribution in [0.1, 0.15) is 33.1 Å². The summed E-state index contributed by atoms with van der Waals surface area (Å²) in [6.45, 7) is 4.36. The second-order valence-corrected chi connectivity index (χ2v) is 6.16. The number of nitrogens with two attached hydrogens (primary N) is 1. The largest absolute Gasteiger partial charge is 0.397 e. The number of piperidine rings is 1. The molecule has 0 aromatic heterocycles. The lowest BCUT2D eigenvalue weighted by Gasteiger charge is -2.39. The molecule has 1 aromatic carbocycles. The lowest BCUT2D eigenvalue weighted by atomic mass is 10.00. The molecule has 3 N–H and O–H groups in total. The Hall–Kier alpha value is -0.560. The van der Waals surface area contributed by atoms with Gasteiger partial charge in [-0.15, -0.1) is 0 Å². The van der Waals surface area contributed by atoms with Gasteiger partial charge in [-0.2, -0.15) is 0 Å². The normalized spacial score (nSPS) is 25.1. The maximum atomic E-state index is 13.6. The number of hydrogen-bond donors (Lipinski definition) is 2. The molecule has 100 valence electrons. The van der Waals surface area contributed by atoms with E-state index in [9.17, 15) is 4.39 Å². The Kier molecular flexibility index (Phi) is 4.32. The molecule has 2 rings (SSSR count). The summed E-state index contributed by atoms with van der Waals surface area (Å²) < 4.78 is 14.1. The lowest BCUT2D eigenvalue weighted by Crippen LogP contribution is -2.47. The summed E-state index contributed by atoms with van der Waals surface area (Å²) in [4.78, 5) is 0. The number of benzene rings is 1. The number of nitrogen functional groups attached to an aromatic ring is 1. The van der Waals surface area contributed by atoms with Crippen molar-refractivity contribution in [2.45, 2.75) is 45.2 Å². The first-order valence-corrected chi connectivity index (χ1v) is 7.36. The van der Waals surface area contributed by atoms with Crippen molar-refractivity contribution in [1.82, 2.24) is 5.01 Å². The first-order chi connectivity index (χ1) is 8.49. The van der Waals surface area contributed by atoms with Crippen LogP contribution in [0.5, 0.6) is 0 Å². The quantitative estimate of drug-likeness (QED) is 0.623. The van der Waals surface area contributed by atoms with Gasteiger partial charge in [0.25, 0.3) is 0 Å². The van der Waals surface area contributed by atoms with Gasteiger partial charge in [-0.1, -0.05) is 6.42 Å². The fourth-order valence-corrected chi connectivity index (χ4v) is 2.93. The Morgan fingerprint density at radius 3 is 2.56 bits per heavy atom. The van der Waals surface area contributed by atoms with E-state index in [1.165, 1.54) is 12.5 Å². The number of hydrazine groups is 1. The number of nitrogens with zero attached hydrogens (tertiary/aromatic N) is 1. The topological polar surface area (TPSA) is 41.3 Å². The Bertz CT molecular complexity index is 428. The molecule has 0 amide bonds. The fourth-order valence-electron chi connectivity index (χ4n) is 2.44. The molecule has 0 aliphatic carbocycles. The molecule has 1 aliphatic rings. The first kappa shape index (κ1) is 13.9. The van der Waals surface area contributed by atoms with Gasteiger partial charge < -0.3 is 11.2 Å². The van der Waals surface area contributed by atoms with Crippen molar-refractivity contribution in [3.05, 3.63) is 21.5 Å². The molecule has 0 radical (unpaired) electrons. The van der Waals surface area contributed by atoms with E-state index in [0.717, 1.165) is 12.8 Å². The SMILES string of the molecule is CC1CCCC(C)N1Nc1cc(F)c(I)cc1N. The zero-order valence-corrected chi connectivity index (χ0v) is 12.9. The second kappa shape index (κ2) is 5.61. The molecule has 2 unspecified atom stereocenters. The Balaban J connectivity index is 2.20. The number of hydrogen-bond acceptors (Lipinski definition) is 3. The highest BCUT2D eigenvalue weighted by Gasteiger charge is 2.25. The predicted octanol–water partition coefficient (Wildman–Crippen LogP) is 3.60. The van der Waals surface area contributed by atoms with Crippen LogP contribution in [-0.2, 0) is 0 Å². The summed E-state index contributed by atoms with van der Waals surface area (Å²) in [5, 5.41) is 2.18. The Labute approximate surface area is 121 Å². The van der Waals surface area contributed by atoms with Crippen LogP contribution in [0.3, 0.4) is 0 Å². The predicted molar refractivity (Wildman–Crippen MR) is 81.8 cm³/mol. The summed E-state index contributed by atoms with van der Waals surface area (Å²) in [5.74, 6) is -0.232. The average molecular weight is 363 g/mol. The summed E-state index contributed by atoms with van der Waals surface area (Å²) in [5.41, 5.74) is 10.5. The van der Waals surface area contributed by atoms with Crippen LogP contribution in [0.25, 0.3) is 0 Å². The van der Waals surface area contributed by atoms with Crippen molar-refractivity contribution in [3.8, 4) is 0 Å². The Morgan fingerprint density at radius 1 is 1.33 bits per heavy atom. The first-order valence-electron chi connectivity index (χ1n) is 6.28. The second-order valence-electron chi connectivity index (χ2n) is 5.00. The van der Waals surface area contributed by atoms with E-state index < -0.39 is 0 Å². The van der Waals surface area contributed by atoms with Crippen molar-refractivity contribution in [1.29, 1.82) is 0 Å². The third-order valence-corrected chi connectivity index (χ3v) is 4.36. The van der Waals surface area contributed by atoms with E-state index >= 15 is 0 Å². The van der Waals surface area contributed by atoms with Gasteiger partial charge in [0.05, 0.1) is 14.9 Å². The van der Waals surface area contributed by atoms with Crippen molar-refractivity contribution in [3.63, 3.8) is 0 Å². The molecular weight excluding hydrogens is 344 g/mol. The molecule has 0 saturated carbocycles. The van der Waals surface area contributed by atoms with Gasteiger partial charge in [0.15, 0.2) is 0 Å². The smallest absolute Gasteiger partial charge is 0.138 e. The molecule has 1 fully saturated rings. The molecule has 1 heterocycles. The van der Waals surface area contributed by atoms with E-state index in [4.69, 9.17) is 5.73 Å². The van der Waals surface area contributed by atoms with Crippen LogP contribution >= 0.6 is 22.6 Å². The van der Waals surface area contributed by atoms with Crippen molar-refractivity contribution in [2.24, 2.45) is 0 Å². The molecule has 0 spiro atoms. The van der Waals surface area contributed by atoms with E-state index in [1.54, 1.807) is 6.07 Å². The van der Waals surface area contributed by atoms with Gasteiger partial charge in [-0.25, -0.2) is 9.40 Å². The highest BCUT2D eigenvalue weighted by Crippen LogP contribution is 2.28. The van der Waals surface area contributed by atoms with Gasteiger partial charge in [0.2, 0.25) is 0 Å². The third kappa shape index (κ3) is 2.88. The van der Waals surface area contributed by atoms with Crippen molar-refractivity contribution in [2.75, 3.05) is 11.2 Å². The number of anilines is 2. The van der Waals surface area contributed by atoms with Gasteiger partial charge in [-0.05, 0) is 55.3 Å². The van der Waals surface area contributed by atoms with Crippen LogP contribution in [-0.4, -0.2) is 17.1 Å². The maximum Gasteiger partial charge on any atom is 0.138 e. The number of halogens is 2. The minimum atomic E-state index is -0.232. The molecule has 1 aromatic rings. The van der Waals surface area contributed by atoms with Crippen LogP contribution in [0.15, 0.2) is 12.1 Å². The van der Waals surface area contributed by atoms with E-state index in [1.807, 2.05) is 22.6 Å². The van der Waals surface area contributed by atoms with Crippen LogP contribution < -0.4 is 11.2 Å². The van der Waals surface area contributed by atoms with Gasteiger partial charge in [-0.3, -0.25) is 0 Å². The minimum absolute atomic E-state index is 0.232. The number of rotatable bonds is 2. The highest BCUT2D eigenvalue weighted by molar-refractivity contribution is 14.1. The zero-order chi connectivity index (χ0) is 13.3. The summed E-state index contributed by atoms with van der Waals surface area (Å²) in [6.07, 6.45) is 3.56. The molecule has 3 nitrogen and oxygen atoms in total. The van der Waals surface area contributed by atoms with E-state index in [-0.39, 0.29) is 5.82 Å². The van der Waals surface area contributed by atoms with Gasteiger partial charge in [0, 0.05) is 18.2 Å². The standard InChI is InChI=1S/C13H19FIN3/c1-8-4-3-5-9(2)18(8)17-13-6-10(14)11(15)7-12(13)16/h6-9,17H,3-5,16H2,1-2H3. The summed E-state index contributed by atoms with van der Waals surface area (Å²) in [7, 11) is 0. The monoisotopic (exact) mass is 363 g/mol.